The van der Waals surface area contributed by atoms with Crippen LogP contribution in [0.5, 0.6) is 0 Å². The zero-order valence-corrected chi connectivity index (χ0v) is 24.1. The minimum Gasteiger partial charge on any atom is -0.352 e. The molecule has 1 aliphatic rings. The third-order valence-electron chi connectivity index (χ3n) is 6.95. The van der Waals surface area contributed by atoms with E-state index in [9.17, 15) is 18.0 Å². The number of benzene rings is 2. The van der Waals surface area contributed by atoms with Gasteiger partial charge in [0.2, 0.25) is 21.8 Å². The predicted octanol–water partition coefficient (Wildman–Crippen LogP) is 5.24. The molecule has 10 heteroatoms. The molecule has 37 heavy (non-hydrogen) atoms. The number of amides is 2. The second-order valence-electron chi connectivity index (χ2n) is 9.67. The van der Waals surface area contributed by atoms with Gasteiger partial charge in [0.1, 0.15) is 12.6 Å². The van der Waals surface area contributed by atoms with Gasteiger partial charge in [-0.15, -0.1) is 0 Å². The monoisotopic (exact) mass is 567 g/mol. The van der Waals surface area contributed by atoms with Gasteiger partial charge in [-0.05, 0) is 68.0 Å². The zero-order chi connectivity index (χ0) is 27.3. The normalized spacial score (nSPS) is 14.9. The van der Waals surface area contributed by atoms with Crippen LogP contribution in [0.1, 0.15) is 55.7 Å². The van der Waals surface area contributed by atoms with Gasteiger partial charge in [-0.3, -0.25) is 13.9 Å². The number of nitrogens with zero attached hydrogens (tertiary/aromatic N) is 2. The smallest absolute Gasteiger partial charge is 0.244 e. The lowest BCUT2D eigenvalue weighted by molar-refractivity contribution is -0.140. The summed E-state index contributed by atoms with van der Waals surface area (Å²) in [6, 6.07) is 9.69. The van der Waals surface area contributed by atoms with E-state index in [1.165, 1.54) is 4.90 Å². The van der Waals surface area contributed by atoms with Crippen LogP contribution in [0.2, 0.25) is 10.0 Å². The molecule has 1 aliphatic carbocycles. The summed E-state index contributed by atoms with van der Waals surface area (Å²) in [7, 11) is -3.80. The van der Waals surface area contributed by atoms with E-state index in [4.69, 9.17) is 23.2 Å². The standard InChI is InChI=1S/C27H35Cl2N3O4S/c1-5-24(27(34)30-21-10-6-7-11-21)31(16-20-13-14-22(28)23(29)15-20)26(33)17-32(37(4,35)36)25-12-8-9-18(2)19(25)3/h8-9,12-15,21,24H,5-7,10-11,16-17H2,1-4H3,(H,30,34)/t24-/m1/s1. The lowest BCUT2D eigenvalue weighted by atomic mass is 10.1. The Morgan fingerprint density at radius 2 is 1.76 bits per heavy atom. The maximum absolute atomic E-state index is 13.8. The summed E-state index contributed by atoms with van der Waals surface area (Å²) in [4.78, 5) is 28.7. The SMILES string of the molecule is CC[C@H](C(=O)NC1CCCC1)N(Cc1ccc(Cl)c(Cl)c1)C(=O)CN(c1cccc(C)c1C)S(C)(=O)=O. The van der Waals surface area contributed by atoms with E-state index in [1.54, 1.807) is 30.3 Å². The second kappa shape index (κ2) is 12.5. The van der Waals surface area contributed by atoms with Crippen molar-refractivity contribution in [2.24, 2.45) is 0 Å². The largest absolute Gasteiger partial charge is 0.352 e. The number of hydrogen-bond acceptors (Lipinski definition) is 4. The van der Waals surface area contributed by atoms with Gasteiger partial charge in [-0.25, -0.2) is 8.42 Å². The molecule has 1 saturated carbocycles. The molecular formula is C27H35Cl2N3O4S. The Morgan fingerprint density at radius 3 is 2.35 bits per heavy atom. The topological polar surface area (TPSA) is 86.8 Å². The summed E-state index contributed by atoms with van der Waals surface area (Å²) in [5.41, 5.74) is 2.80. The van der Waals surface area contributed by atoms with Crippen LogP contribution in [0.3, 0.4) is 0 Å². The van der Waals surface area contributed by atoms with Gasteiger partial charge in [0, 0.05) is 12.6 Å². The van der Waals surface area contributed by atoms with Crippen LogP contribution < -0.4 is 9.62 Å². The van der Waals surface area contributed by atoms with Gasteiger partial charge in [0.15, 0.2) is 0 Å². The average molecular weight is 569 g/mol. The number of nitrogens with one attached hydrogen (secondary N) is 1. The molecule has 1 atom stereocenters. The second-order valence-corrected chi connectivity index (χ2v) is 12.4. The minimum absolute atomic E-state index is 0.0801. The molecule has 0 radical (unpaired) electrons. The fourth-order valence-electron chi connectivity index (χ4n) is 4.72. The zero-order valence-electron chi connectivity index (χ0n) is 21.8. The predicted molar refractivity (Wildman–Crippen MR) is 150 cm³/mol. The minimum atomic E-state index is -3.80. The van der Waals surface area contributed by atoms with Gasteiger partial charge in [0.25, 0.3) is 0 Å². The van der Waals surface area contributed by atoms with Crippen molar-refractivity contribution >= 4 is 50.7 Å². The van der Waals surface area contributed by atoms with Gasteiger partial charge in [-0.1, -0.05) is 61.2 Å². The maximum Gasteiger partial charge on any atom is 0.244 e. The molecule has 1 N–H and O–H groups in total. The number of hydrogen-bond donors (Lipinski definition) is 1. The van der Waals surface area contributed by atoms with E-state index in [0.29, 0.717) is 27.7 Å². The molecule has 2 amide bonds. The van der Waals surface area contributed by atoms with Gasteiger partial charge >= 0.3 is 0 Å². The van der Waals surface area contributed by atoms with Gasteiger partial charge < -0.3 is 10.2 Å². The van der Waals surface area contributed by atoms with E-state index in [1.807, 2.05) is 26.8 Å². The van der Waals surface area contributed by atoms with Gasteiger partial charge in [-0.2, -0.15) is 0 Å². The van der Waals surface area contributed by atoms with Crippen molar-refractivity contribution in [1.29, 1.82) is 0 Å². The lowest BCUT2D eigenvalue weighted by Gasteiger charge is -2.34. The number of carbonyl (C=O) groups is 2. The lowest BCUT2D eigenvalue weighted by Crippen LogP contribution is -2.53. The molecule has 0 saturated heterocycles. The van der Waals surface area contributed by atoms with Crippen LogP contribution in [0.4, 0.5) is 5.69 Å². The first-order valence-corrected chi connectivity index (χ1v) is 15.1. The highest BCUT2D eigenvalue weighted by atomic mass is 35.5. The first kappa shape index (κ1) is 29.3. The van der Waals surface area contributed by atoms with E-state index in [0.717, 1.165) is 47.4 Å². The van der Waals surface area contributed by atoms with E-state index in [2.05, 4.69) is 5.32 Å². The molecule has 0 spiro atoms. The van der Waals surface area contributed by atoms with E-state index in [-0.39, 0.29) is 18.5 Å². The van der Waals surface area contributed by atoms with Crippen LogP contribution in [0.15, 0.2) is 36.4 Å². The molecule has 0 aliphatic heterocycles. The Bertz CT molecular complexity index is 1250. The molecule has 202 valence electrons. The first-order chi connectivity index (χ1) is 17.4. The molecule has 1 fully saturated rings. The number of halogens is 2. The Kier molecular flexibility index (Phi) is 9.89. The summed E-state index contributed by atoms with van der Waals surface area (Å²) in [6.45, 7) is 5.20. The summed E-state index contributed by atoms with van der Waals surface area (Å²) < 4.78 is 26.8. The van der Waals surface area contributed by atoms with Crippen molar-refractivity contribution in [2.45, 2.75) is 71.5 Å². The summed E-state index contributed by atoms with van der Waals surface area (Å²) >= 11 is 12.3. The number of carbonyl (C=O) groups excluding carboxylic acids is 2. The molecular weight excluding hydrogens is 533 g/mol. The Labute approximate surface area is 230 Å². The number of sulfonamides is 1. The van der Waals surface area contributed by atoms with Crippen molar-refractivity contribution in [3.63, 3.8) is 0 Å². The Balaban J connectivity index is 1.97. The van der Waals surface area contributed by atoms with Crippen LogP contribution in [-0.4, -0.2) is 50.0 Å². The van der Waals surface area contributed by atoms with Crippen LogP contribution in [-0.2, 0) is 26.2 Å². The van der Waals surface area contributed by atoms with Crippen LogP contribution in [0.25, 0.3) is 0 Å². The van der Waals surface area contributed by atoms with E-state index >= 15 is 0 Å². The molecule has 0 aromatic heterocycles. The quantitative estimate of drug-likeness (QED) is 0.425. The summed E-state index contributed by atoms with van der Waals surface area (Å²) in [5.74, 6) is -0.716. The molecule has 3 rings (SSSR count). The third-order valence-corrected chi connectivity index (χ3v) is 8.81. The highest BCUT2D eigenvalue weighted by Crippen LogP contribution is 2.27. The fourth-order valence-corrected chi connectivity index (χ4v) is 5.94. The van der Waals surface area contributed by atoms with Crippen LogP contribution in [0, 0.1) is 13.8 Å². The molecule has 0 bridgehead atoms. The average Bonchev–Trinajstić information content (AvgIpc) is 3.34. The maximum atomic E-state index is 13.8. The fraction of sp³-hybridized carbons (Fsp3) is 0.481. The number of aryl methyl sites for hydroxylation is 1. The van der Waals surface area contributed by atoms with Crippen molar-refractivity contribution in [2.75, 3.05) is 17.1 Å². The Morgan fingerprint density at radius 1 is 1.08 bits per heavy atom. The van der Waals surface area contributed by atoms with E-state index < -0.39 is 28.5 Å². The van der Waals surface area contributed by atoms with Crippen molar-refractivity contribution in [1.82, 2.24) is 10.2 Å². The summed E-state index contributed by atoms with van der Waals surface area (Å²) in [5, 5.41) is 3.81. The number of anilines is 1. The summed E-state index contributed by atoms with van der Waals surface area (Å²) in [6.07, 6.45) is 5.40. The molecule has 2 aromatic carbocycles. The first-order valence-electron chi connectivity index (χ1n) is 12.5. The third kappa shape index (κ3) is 7.39. The van der Waals surface area contributed by atoms with Gasteiger partial charge in [0.05, 0.1) is 22.0 Å². The highest BCUT2D eigenvalue weighted by Gasteiger charge is 2.33. The highest BCUT2D eigenvalue weighted by molar-refractivity contribution is 7.92. The van der Waals surface area contributed by atoms with Crippen LogP contribution >= 0.6 is 23.2 Å². The molecule has 2 aromatic rings. The van der Waals surface area contributed by atoms with Crippen molar-refractivity contribution in [3.05, 3.63) is 63.1 Å². The Hall–Kier alpha value is -2.29. The molecule has 7 nitrogen and oxygen atoms in total. The molecule has 0 unspecified atom stereocenters. The van der Waals surface area contributed by atoms with Crippen molar-refractivity contribution < 1.29 is 18.0 Å². The molecule has 0 heterocycles. The number of rotatable bonds is 10. The van der Waals surface area contributed by atoms with Crippen molar-refractivity contribution in [3.8, 4) is 0 Å².